The molecule has 358 valence electrons. The van der Waals surface area contributed by atoms with Crippen molar-refractivity contribution in [3.05, 3.63) is 75.4 Å². The number of amides is 3. The number of hydrogen-bond acceptors (Lipinski definition) is 5. The molecule has 14 heteroatoms. The van der Waals surface area contributed by atoms with Gasteiger partial charge in [0.2, 0.25) is 17.7 Å². The van der Waals surface area contributed by atoms with Crippen LogP contribution in [0, 0.1) is 23.7 Å². The molecule has 2 aromatic rings. The minimum absolute atomic E-state index is 0. The van der Waals surface area contributed by atoms with Crippen molar-refractivity contribution in [3.8, 4) is 0 Å². The van der Waals surface area contributed by atoms with E-state index in [4.69, 9.17) is 39.5 Å². The molecule has 65 heavy (non-hydrogen) atoms. The second-order valence-electron chi connectivity index (χ2n) is 20.3. The summed E-state index contributed by atoms with van der Waals surface area (Å²) in [5, 5.41) is 2.53. The molecule has 0 spiro atoms. The summed E-state index contributed by atoms with van der Waals surface area (Å²) < 4.78 is 4.82. The van der Waals surface area contributed by atoms with Gasteiger partial charge in [0.1, 0.15) is 0 Å². The van der Waals surface area contributed by atoms with Gasteiger partial charge in [-0.2, -0.15) is 0 Å². The Kier molecular flexibility index (Phi) is 26.8. The summed E-state index contributed by atoms with van der Waals surface area (Å²) in [6.45, 7) is 13.8. The number of nitrogens with zero attached hydrogens (tertiary/aromatic N) is 2. The number of benzene rings is 2. The normalized spacial score (nSPS) is 24.2. The van der Waals surface area contributed by atoms with Gasteiger partial charge < -0.3 is 9.96 Å². The van der Waals surface area contributed by atoms with Crippen LogP contribution in [0.25, 0.3) is 4.65 Å². The summed E-state index contributed by atoms with van der Waals surface area (Å²) in [5.74, 6) is 1.57. The molecule has 8 nitrogen and oxygen atoms in total. The molecule has 0 unspecified atom stereocenters. The summed E-state index contributed by atoms with van der Waals surface area (Å²) >= 11 is 16.6. The molecule has 3 aliphatic carbocycles. The zero-order valence-electron chi connectivity index (χ0n) is 40.0. The molecule has 5 aliphatic rings. The number of ketones is 1. The Hall–Kier alpha value is -1.75. The van der Waals surface area contributed by atoms with E-state index >= 15 is 0 Å². The molecule has 1 N–H and O–H groups in total. The maximum atomic E-state index is 13.7. The van der Waals surface area contributed by atoms with E-state index in [9.17, 15) is 24.0 Å². The van der Waals surface area contributed by atoms with Crippen molar-refractivity contribution in [3.63, 3.8) is 0 Å². The van der Waals surface area contributed by atoms with Crippen LogP contribution in [0.4, 0.5) is 0 Å². The number of fused-ring (bicyclic) bond motifs is 2. The van der Waals surface area contributed by atoms with E-state index < -0.39 is 21.7 Å². The predicted octanol–water partition coefficient (Wildman–Crippen LogP) is 11.2. The van der Waals surface area contributed by atoms with Crippen LogP contribution in [0.15, 0.2) is 48.5 Å². The molecule has 6 atom stereocenters. The zero-order chi connectivity index (χ0) is 46.2. The average molecular weight is 984 g/mol. The van der Waals surface area contributed by atoms with Gasteiger partial charge in [-0.1, -0.05) is 177 Å². The van der Waals surface area contributed by atoms with Gasteiger partial charge in [0.15, 0.2) is 5.78 Å². The van der Waals surface area contributed by atoms with E-state index in [0.29, 0.717) is 47.2 Å². The molecule has 2 aromatic carbocycles. The molecule has 5 fully saturated rings. The second-order valence-corrected chi connectivity index (χ2v) is 30.8. The first kappa shape index (κ1) is 59.4. The van der Waals surface area contributed by atoms with E-state index in [1.807, 2.05) is 24.3 Å². The molecule has 3 saturated carbocycles. The van der Waals surface area contributed by atoms with Gasteiger partial charge in [0.05, 0.1) is 17.9 Å². The van der Waals surface area contributed by atoms with Crippen molar-refractivity contribution in [2.45, 2.75) is 193 Å². The predicted molar refractivity (Wildman–Crippen MR) is 273 cm³/mol. The molecule has 2 aliphatic heterocycles. The van der Waals surface area contributed by atoms with Gasteiger partial charge in [-0.3, -0.25) is 28.9 Å². The Labute approximate surface area is 422 Å². The molecular weight excluding hydrogens is 904 g/mol. The molecule has 7 rings (SSSR count). The molecule has 0 aromatic heterocycles. The molecule has 0 radical (unpaired) electrons. The summed E-state index contributed by atoms with van der Waals surface area (Å²) in [7, 11) is -2.21. The Morgan fingerprint density at radius 1 is 0.631 bits per heavy atom. The summed E-state index contributed by atoms with van der Waals surface area (Å²) in [6.07, 6.45) is 20.5. The quantitative estimate of drug-likeness (QED) is 0.0671. The van der Waals surface area contributed by atoms with E-state index in [-0.39, 0.29) is 67.7 Å². The topological polar surface area (TPSA) is 115 Å². The van der Waals surface area contributed by atoms with Crippen LogP contribution in [0.2, 0.25) is 39.3 Å². The fraction of sp³-hybridized carbons (Fsp3) is 0.667. The van der Waals surface area contributed by atoms with Crippen LogP contribution in [-0.4, -0.2) is 62.2 Å². The van der Waals surface area contributed by atoms with E-state index in [2.05, 4.69) is 44.6 Å². The minimum atomic E-state index is -1.11. The number of β-lactam (4-membered cyclic amide) rings is 2. The molecule has 3 amide bonds. The van der Waals surface area contributed by atoms with Crippen molar-refractivity contribution < 1.29 is 42.8 Å². The minimum Gasteiger partial charge on any atom is -0.668 e. The molecular formula is C51H79Cl3LiN3O5Si2. The second kappa shape index (κ2) is 29.3. The van der Waals surface area contributed by atoms with Crippen molar-refractivity contribution >= 4 is 80.0 Å². The summed E-state index contributed by atoms with van der Waals surface area (Å²) in [4.78, 5) is 62.9. The van der Waals surface area contributed by atoms with E-state index in [1.54, 1.807) is 29.2 Å². The maximum absolute atomic E-state index is 13.7. The number of nitrogens with one attached hydrogen (secondary N) is 1. The summed E-state index contributed by atoms with van der Waals surface area (Å²) in [6, 6.07) is 15.0. The number of alkyl halides is 2. The van der Waals surface area contributed by atoms with E-state index in [1.165, 1.54) is 44.9 Å². The first-order chi connectivity index (χ1) is 29.9. The third kappa shape index (κ3) is 19.6. The Balaban J connectivity index is 0.000000358. The van der Waals surface area contributed by atoms with Gasteiger partial charge in [0.25, 0.3) is 5.24 Å². The zero-order valence-corrected chi connectivity index (χ0v) is 44.3. The van der Waals surface area contributed by atoms with Crippen LogP contribution in [-0.2, 0) is 26.1 Å². The van der Waals surface area contributed by atoms with Gasteiger partial charge in [-0.05, 0) is 79.3 Å². The number of imide groups is 1. The third-order valence-corrected chi connectivity index (χ3v) is 19.1. The Bertz CT molecular complexity index is 1780. The Morgan fingerprint density at radius 3 is 1.54 bits per heavy atom. The fourth-order valence-corrected chi connectivity index (χ4v) is 18.5. The van der Waals surface area contributed by atoms with Crippen molar-refractivity contribution in [1.82, 2.24) is 10.2 Å². The molecule has 2 heterocycles. The monoisotopic (exact) mass is 981 g/mol. The molecule has 2 saturated heterocycles. The van der Waals surface area contributed by atoms with Crippen LogP contribution in [0.5, 0.6) is 0 Å². The largest absolute Gasteiger partial charge is 1.00 e. The SMILES string of the molecule is C.C[Si](C)(C)[N-][Si](C)(C)C.O=C(C[C@H]1CCCCCC[C@H]1C(=O)N1C(=O)[C@@H]2CCCCCC[C@@H]21)c1ccc(CCl)cc1.O=C(Cl)c1ccc(CCl)cc1.O=C1N[C@H]2CCCCCC[C@@H]12.[Li+]. The van der Waals surface area contributed by atoms with Crippen molar-refractivity contribution in [2.75, 3.05) is 0 Å². The maximum Gasteiger partial charge on any atom is 1.00 e. The number of rotatable bonds is 9. The third-order valence-electron chi connectivity index (χ3n) is 12.9. The first-order valence-corrected chi connectivity index (χ1v) is 32.2. The van der Waals surface area contributed by atoms with E-state index in [0.717, 1.165) is 81.8 Å². The Morgan fingerprint density at radius 2 is 1.08 bits per heavy atom. The molecule has 0 bridgehead atoms. The van der Waals surface area contributed by atoms with Crippen LogP contribution >= 0.6 is 34.8 Å². The van der Waals surface area contributed by atoms with Crippen molar-refractivity contribution in [2.24, 2.45) is 23.7 Å². The van der Waals surface area contributed by atoms with Gasteiger partial charge >= 0.3 is 18.9 Å². The first-order valence-electron chi connectivity index (χ1n) is 23.9. The standard InChI is InChI=1S/C27H36ClNO3.C9H15NO.C8H6Cl2O.C6H18NSi2.CH4.Li/c28-18-19-13-15-20(16-14-19)25(30)17-21-9-5-1-2-6-10-22(21)26(31)29-24-12-8-4-3-7-11-23(24)27(29)32;11-9-7-5-3-1-2-4-6-8(7)10-9;9-5-6-1-3-7(4-2-6)8(10)11;1-8(2,3)7-9(4,5)6;;/h13-16,21-24H,1-12,17-18H2;7-8H,1-6H2,(H,10,11);1-4H,5H2;1-6H3;1H4;/q;;;-1;;+1/t21-,22-,23-,24+;7-,8+;;;;/m11..../s1. The number of halogens is 3. The van der Waals surface area contributed by atoms with Crippen LogP contribution < -0.4 is 24.2 Å². The summed E-state index contributed by atoms with van der Waals surface area (Å²) in [5.41, 5.74) is 3.16. The van der Waals surface area contributed by atoms with Gasteiger partial charge in [-0.15, -0.1) is 23.2 Å². The number of likely N-dealkylation sites (tertiary alicyclic amines) is 1. The number of hydrogen-bond donors (Lipinski definition) is 1. The number of carbonyl (C=O) groups is 5. The van der Waals surface area contributed by atoms with Crippen LogP contribution in [0.3, 0.4) is 0 Å². The van der Waals surface area contributed by atoms with Crippen LogP contribution in [0.1, 0.15) is 161 Å². The smallest absolute Gasteiger partial charge is 0.668 e. The average Bonchev–Trinajstić information content (AvgIpc) is 3.20. The van der Waals surface area contributed by atoms with Gasteiger partial charge in [-0.25, -0.2) is 0 Å². The fourth-order valence-electron chi connectivity index (χ4n) is 9.93. The number of Topliss-reactive ketones (excluding diaryl/α,β-unsaturated/α-hetero) is 1. The van der Waals surface area contributed by atoms with Gasteiger partial charge in [0, 0.05) is 41.3 Å². The van der Waals surface area contributed by atoms with Crippen molar-refractivity contribution in [1.29, 1.82) is 0 Å². The number of carbonyl (C=O) groups excluding carboxylic acids is 5.